The van der Waals surface area contributed by atoms with Gasteiger partial charge in [-0.25, -0.2) is 4.68 Å². The molecule has 0 saturated carbocycles. The van der Waals surface area contributed by atoms with Gasteiger partial charge in [-0.2, -0.15) is 5.10 Å². The van der Waals surface area contributed by atoms with E-state index >= 15 is 0 Å². The Hall–Kier alpha value is -3.29. The van der Waals surface area contributed by atoms with Crippen molar-refractivity contribution < 1.29 is 19.0 Å². The first kappa shape index (κ1) is 20.4. The van der Waals surface area contributed by atoms with E-state index in [4.69, 9.17) is 14.2 Å². The van der Waals surface area contributed by atoms with Crippen molar-refractivity contribution in [1.82, 2.24) is 15.1 Å². The molecule has 1 aromatic carbocycles. The second-order valence-electron chi connectivity index (χ2n) is 6.61. The van der Waals surface area contributed by atoms with Crippen LogP contribution in [0.1, 0.15) is 23.2 Å². The van der Waals surface area contributed by atoms with Crippen LogP contribution in [0.4, 0.5) is 0 Å². The van der Waals surface area contributed by atoms with Crippen LogP contribution in [0.2, 0.25) is 0 Å². The third-order valence-electron chi connectivity index (χ3n) is 4.76. The molecule has 0 atom stereocenters. The second-order valence-corrected chi connectivity index (χ2v) is 6.61. The van der Waals surface area contributed by atoms with Gasteiger partial charge in [-0.1, -0.05) is 0 Å². The third kappa shape index (κ3) is 4.77. The highest BCUT2D eigenvalue weighted by Gasteiger charge is 2.15. The van der Waals surface area contributed by atoms with Gasteiger partial charge in [0.15, 0.2) is 11.5 Å². The van der Waals surface area contributed by atoms with E-state index in [9.17, 15) is 9.59 Å². The monoisotopic (exact) mass is 399 g/mol. The number of benzene rings is 1. The Morgan fingerprint density at radius 3 is 2.52 bits per heavy atom. The van der Waals surface area contributed by atoms with Gasteiger partial charge in [-0.05, 0) is 48.6 Å². The summed E-state index contributed by atoms with van der Waals surface area (Å²) in [6, 6.07) is 5.15. The van der Waals surface area contributed by atoms with Crippen LogP contribution >= 0.6 is 0 Å². The lowest BCUT2D eigenvalue weighted by molar-refractivity contribution is -0.116. The number of carbonyl (C=O) groups is 1. The molecule has 1 aliphatic rings. The van der Waals surface area contributed by atoms with Gasteiger partial charge < -0.3 is 19.5 Å². The van der Waals surface area contributed by atoms with Crippen LogP contribution in [0.25, 0.3) is 6.08 Å². The Morgan fingerprint density at radius 1 is 1.14 bits per heavy atom. The summed E-state index contributed by atoms with van der Waals surface area (Å²) in [6.07, 6.45) is 5.92. The van der Waals surface area contributed by atoms with Crippen molar-refractivity contribution in [2.75, 3.05) is 27.9 Å². The van der Waals surface area contributed by atoms with Crippen LogP contribution in [-0.2, 0) is 24.2 Å². The largest absolute Gasteiger partial charge is 0.493 e. The molecule has 1 heterocycles. The summed E-state index contributed by atoms with van der Waals surface area (Å²) in [4.78, 5) is 24.2. The molecule has 3 rings (SSSR count). The lowest BCUT2D eigenvalue weighted by atomic mass is 10.1. The van der Waals surface area contributed by atoms with Crippen molar-refractivity contribution in [2.24, 2.45) is 0 Å². The minimum Gasteiger partial charge on any atom is -0.493 e. The van der Waals surface area contributed by atoms with E-state index in [0.717, 1.165) is 36.1 Å². The van der Waals surface area contributed by atoms with Crippen LogP contribution in [0.3, 0.4) is 0 Å². The fourth-order valence-electron chi connectivity index (χ4n) is 3.31. The van der Waals surface area contributed by atoms with Crippen LogP contribution in [-0.4, -0.2) is 43.6 Å². The maximum Gasteiger partial charge on any atom is 0.267 e. The van der Waals surface area contributed by atoms with E-state index in [1.54, 1.807) is 24.3 Å². The van der Waals surface area contributed by atoms with E-state index in [0.29, 0.717) is 30.3 Å². The summed E-state index contributed by atoms with van der Waals surface area (Å²) in [5.74, 6) is 1.24. The number of carbonyl (C=O) groups excluding carboxylic acids is 1. The highest BCUT2D eigenvalue weighted by atomic mass is 16.5. The summed E-state index contributed by atoms with van der Waals surface area (Å²) in [7, 11) is 4.60. The van der Waals surface area contributed by atoms with E-state index in [1.807, 2.05) is 0 Å². The van der Waals surface area contributed by atoms with Gasteiger partial charge in [0.25, 0.3) is 5.56 Å². The van der Waals surface area contributed by atoms with Crippen molar-refractivity contribution in [1.29, 1.82) is 0 Å². The van der Waals surface area contributed by atoms with Gasteiger partial charge in [0.05, 0.1) is 33.6 Å². The zero-order valence-corrected chi connectivity index (χ0v) is 16.9. The molecule has 154 valence electrons. The summed E-state index contributed by atoms with van der Waals surface area (Å²) >= 11 is 0. The van der Waals surface area contributed by atoms with Crippen molar-refractivity contribution in [2.45, 2.75) is 25.8 Å². The second kappa shape index (κ2) is 9.27. The average Bonchev–Trinajstić information content (AvgIpc) is 3.18. The van der Waals surface area contributed by atoms with E-state index in [1.165, 1.54) is 32.1 Å². The average molecular weight is 399 g/mol. The van der Waals surface area contributed by atoms with Crippen LogP contribution in [0, 0.1) is 0 Å². The number of aryl methyl sites for hydroxylation is 2. The van der Waals surface area contributed by atoms with Crippen molar-refractivity contribution in [3.05, 3.63) is 51.4 Å². The minimum absolute atomic E-state index is 0.132. The first-order chi connectivity index (χ1) is 14.0. The number of rotatable bonds is 8. The van der Waals surface area contributed by atoms with Crippen molar-refractivity contribution in [3.63, 3.8) is 0 Å². The molecule has 0 saturated heterocycles. The quantitative estimate of drug-likeness (QED) is 0.678. The van der Waals surface area contributed by atoms with Crippen LogP contribution < -0.4 is 25.1 Å². The molecule has 0 spiro atoms. The number of nitrogens with zero attached hydrogens (tertiary/aromatic N) is 2. The number of aromatic nitrogens is 2. The third-order valence-corrected chi connectivity index (χ3v) is 4.76. The Morgan fingerprint density at radius 2 is 1.86 bits per heavy atom. The highest BCUT2D eigenvalue weighted by molar-refractivity contribution is 5.91. The summed E-state index contributed by atoms with van der Waals surface area (Å²) in [5, 5.41) is 7.16. The van der Waals surface area contributed by atoms with Crippen LogP contribution in [0.15, 0.2) is 29.1 Å². The standard InChI is InChI=1S/C21H25N3O5/c1-27-17-11-14(12-18(28-2)21(17)29-3)7-8-19(25)22-9-10-24-20(26)13-15-5-4-6-16(15)23-24/h7-8,11-13H,4-6,9-10H2,1-3H3,(H,22,25)/b8-7+. The topological polar surface area (TPSA) is 91.7 Å². The number of hydrogen-bond donors (Lipinski definition) is 1. The predicted octanol–water partition coefficient (Wildman–Crippen LogP) is 1.59. The van der Waals surface area contributed by atoms with E-state index < -0.39 is 0 Å². The maximum absolute atomic E-state index is 12.1. The molecule has 29 heavy (non-hydrogen) atoms. The number of methoxy groups -OCH3 is 3. The van der Waals surface area contributed by atoms with Gasteiger partial charge in [0.2, 0.25) is 11.7 Å². The molecule has 0 unspecified atom stereocenters. The first-order valence-electron chi connectivity index (χ1n) is 9.41. The SMILES string of the molecule is COc1cc(/C=C/C(=O)NCCn2nc3c(cc2=O)CCC3)cc(OC)c1OC. The molecular weight excluding hydrogens is 374 g/mol. The number of fused-ring (bicyclic) bond motifs is 1. The summed E-state index contributed by atoms with van der Waals surface area (Å²) in [6.45, 7) is 0.639. The molecule has 1 N–H and O–H groups in total. The van der Waals surface area contributed by atoms with Gasteiger partial charge in [-0.3, -0.25) is 9.59 Å². The summed E-state index contributed by atoms with van der Waals surface area (Å²) < 4.78 is 17.3. The number of hydrogen-bond acceptors (Lipinski definition) is 6. The molecule has 2 aromatic rings. The summed E-state index contributed by atoms with van der Waals surface area (Å²) in [5.41, 5.74) is 2.63. The smallest absolute Gasteiger partial charge is 0.267 e. The highest BCUT2D eigenvalue weighted by Crippen LogP contribution is 2.38. The zero-order chi connectivity index (χ0) is 20.8. The van der Waals surface area contributed by atoms with E-state index in [-0.39, 0.29) is 11.5 Å². The van der Waals surface area contributed by atoms with Crippen molar-refractivity contribution >= 4 is 12.0 Å². The lowest BCUT2D eigenvalue weighted by Crippen LogP contribution is -2.31. The Labute approximate surface area is 169 Å². The maximum atomic E-state index is 12.1. The van der Waals surface area contributed by atoms with Crippen molar-refractivity contribution in [3.8, 4) is 17.2 Å². The minimum atomic E-state index is -0.270. The fourth-order valence-corrected chi connectivity index (χ4v) is 3.31. The van der Waals surface area contributed by atoms with Gasteiger partial charge in [0, 0.05) is 18.7 Å². The van der Waals surface area contributed by atoms with Gasteiger partial charge in [-0.15, -0.1) is 0 Å². The molecule has 0 aliphatic heterocycles. The molecule has 0 radical (unpaired) electrons. The molecule has 0 bridgehead atoms. The Balaban J connectivity index is 1.60. The Bertz CT molecular complexity index is 956. The molecular formula is C21H25N3O5. The molecule has 8 nitrogen and oxygen atoms in total. The Kier molecular flexibility index (Phi) is 6.54. The molecule has 8 heteroatoms. The number of ether oxygens (including phenoxy) is 3. The van der Waals surface area contributed by atoms with Crippen LogP contribution in [0.5, 0.6) is 17.2 Å². The number of amides is 1. The molecule has 0 fully saturated rings. The zero-order valence-electron chi connectivity index (χ0n) is 16.9. The van der Waals surface area contributed by atoms with Gasteiger partial charge in [0.1, 0.15) is 0 Å². The molecule has 1 amide bonds. The fraction of sp³-hybridized carbons (Fsp3) is 0.381. The predicted molar refractivity (Wildman–Crippen MR) is 109 cm³/mol. The normalized spacial score (nSPS) is 12.7. The molecule has 1 aromatic heterocycles. The number of nitrogens with one attached hydrogen (secondary N) is 1. The molecule has 1 aliphatic carbocycles. The first-order valence-corrected chi connectivity index (χ1v) is 9.41. The van der Waals surface area contributed by atoms with Gasteiger partial charge >= 0.3 is 0 Å². The van der Waals surface area contributed by atoms with E-state index in [2.05, 4.69) is 10.4 Å². The lowest BCUT2D eigenvalue weighted by Gasteiger charge is -2.12.